The third kappa shape index (κ3) is 6.08. The number of nitrogens with one attached hydrogen (secondary N) is 2. The Morgan fingerprint density at radius 2 is 1.94 bits per heavy atom. The maximum atomic E-state index is 12.6. The summed E-state index contributed by atoms with van der Waals surface area (Å²) in [5.41, 5.74) is 1.82. The molecule has 2 heterocycles. The van der Waals surface area contributed by atoms with Gasteiger partial charge in [-0.1, -0.05) is 20.8 Å². The molecular weight excluding hydrogens is 408 g/mol. The van der Waals surface area contributed by atoms with E-state index in [0.29, 0.717) is 30.4 Å². The van der Waals surface area contributed by atoms with Gasteiger partial charge in [0.2, 0.25) is 11.8 Å². The molecule has 1 aromatic rings. The van der Waals surface area contributed by atoms with Crippen molar-refractivity contribution in [2.75, 3.05) is 25.0 Å². The number of likely N-dealkylation sites (tertiary alicyclic amines) is 1. The third-order valence-electron chi connectivity index (χ3n) is 6.86. The van der Waals surface area contributed by atoms with Crippen LogP contribution in [-0.4, -0.2) is 42.4 Å². The van der Waals surface area contributed by atoms with Crippen molar-refractivity contribution in [2.24, 2.45) is 17.8 Å². The summed E-state index contributed by atoms with van der Waals surface area (Å²) in [5.74, 6) is 1.28. The number of hydrogen-bond donors (Lipinski definition) is 2. The predicted octanol–water partition coefficient (Wildman–Crippen LogP) is 3.95. The highest BCUT2D eigenvalue weighted by Gasteiger charge is 2.27. The fourth-order valence-corrected chi connectivity index (χ4v) is 5.71. The molecule has 7 heteroatoms. The summed E-state index contributed by atoms with van der Waals surface area (Å²) in [6.07, 6.45) is 5.13. The van der Waals surface area contributed by atoms with Crippen LogP contribution in [0.5, 0.6) is 0 Å². The standard InChI is InChI=1S/C24H36N4O2S/c1-15(2)17(4)26-23(30)18-7-10-28(11-8-18)12-9-22(29)27-24-20(14-25)19-6-5-16(3)13-21(19)31-24/h15-18H,5-13H2,1-4H3,(H,26,30)(H,27,29). The topological polar surface area (TPSA) is 85.2 Å². The van der Waals surface area contributed by atoms with Crippen molar-refractivity contribution in [1.82, 2.24) is 10.2 Å². The molecule has 1 saturated heterocycles. The number of thiophene rings is 1. The molecule has 1 aliphatic heterocycles. The molecule has 2 aliphatic rings. The average molecular weight is 445 g/mol. The van der Waals surface area contributed by atoms with Crippen LogP contribution >= 0.6 is 11.3 Å². The van der Waals surface area contributed by atoms with Crippen LogP contribution in [0.3, 0.4) is 0 Å². The van der Waals surface area contributed by atoms with Gasteiger partial charge in [-0.3, -0.25) is 9.59 Å². The highest BCUT2D eigenvalue weighted by Crippen LogP contribution is 2.39. The van der Waals surface area contributed by atoms with Gasteiger partial charge in [0.25, 0.3) is 0 Å². The van der Waals surface area contributed by atoms with Crippen molar-refractivity contribution in [3.63, 3.8) is 0 Å². The minimum atomic E-state index is -0.0335. The molecular formula is C24H36N4O2S. The molecule has 0 bridgehead atoms. The van der Waals surface area contributed by atoms with E-state index in [2.05, 4.69) is 49.3 Å². The quantitative estimate of drug-likeness (QED) is 0.667. The van der Waals surface area contributed by atoms with Crippen molar-refractivity contribution in [3.05, 3.63) is 16.0 Å². The van der Waals surface area contributed by atoms with E-state index in [0.717, 1.165) is 55.8 Å². The molecule has 0 radical (unpaired) electrons. The zero-order valence-electron chi connectivity index (χ0n) is 19.3. The van der Waals surface area contributed by atoms with Crippen LogP contribution in [0.15, 0.2) is 0 Å². The van der Waals surface area contributed by atoms with E-state index >= 15 is 0 Å². The molecule has 0 aromatic carbocycles. The number of carbonyl (C=O) groups excluding carboxylic acids is 2. The van der Waals surface area contributed by atoms with E-state index in [-0.39, 0.29) is 23.8 Å². The number of nitrogens with zero attached hydrogens (tertiary/aromatic N) is 2. The van der Waals surface area contributed by atoms with E-state index in [4.69, 9.17) is 0 Å². The molecule has 1 aromatic heterocycles. The molecule has 6 nitrogen and oxygen atoms in total. The Hall–Kier alpha value is -1.91. The lowest BCUT2D eigenvalue weighted by Crippen LogP contribution is -2.44. The third-order valence-corrected chi connectivity index (χ3v) is 8.03. The highest BCUT2D eigenvalue weighted by molar-refractivity contribution is 7.16. The van der Waals surface area contributed by atoms with Crippen LogP contribution in [0.25, 0.3) is 0 Å². The first kappa shape index (κ1) is 23.7. The van der Waals surface area contributed by atoms with Crippen molar-refractivity contribution in [3.8, 4) is 6.07 Å². The maximum absolute atomic E-state index is 12.6. The molecule has 0 saturated carbocycles. The van der Waals surface area contributed by atoms with Gasteiger partial charge in [-0.15, -0.1) is 11.3 Å². The van der Waals surface area contributed by atoms with Gasteiger partial charge in [0.05, 0.1) is 5.56 Å². The van der Waals surface area contributed by atoms with Gasteiger partial charge in [0.15, 0.2) is 0 Å². The van der Waals surface area contributed by atoms with E-state index in [1.54, 1.807) is 11.3 Å². The molecule has 1 aliphatic carbocycles. The lowest BCUT2D eigenvalue weighted by atomic mass is 9.89. The summed E-state index contributed by atoms with van der Waals surface area (Å²) < 4.78 is 0. The van der Waals surface area contributed by atoms with Crippen LogP contribution in [0.2, 0.25) is 0 Å². The lowest BCUT2D eigenvalue weighted by Gasteiger charge is -2.32. The van der Waals surface area contributed by atoms with Gasteiger partial charge in [-0.25, -0.2) is 0 Å². The largest absolute Gasteiger partial charge is 0.353 e. The number of anilines is 1. The van der Waals surface area contributed by atoms with Gasteiger partial charge >= 0.3 is 0 Å². The predicted molar refractivity (Wildman–Crippen MR) is 125 cm³/mol. The monoisotopic (exact) mass is 444 g/mol. The van der Waals surface area contributed by atoms with E-state index in [1.807, 2.05) is 0 Å². The summed E-state index contributed by atoms with van der Waals surface area (Å²) in [6, 6.07) is 2.51. The minimum absolute atomic E-state index is 0.0335. The number of nitriles is 1. The molecule has 3 rings (SSSR count). The second-order valence-electron chi connectivity index (χ2n) is 9.62. The molecule has 2 N–H and O–H groups in total. The Balaban J connectivity index is 1.44. The summed E-state index contributed by atoms with van der Waals surface area (Å²) in [4.78, 5) is 28.5. The smallest absolute Gasteiger partial charge is 0.226 e. The molecule has 2 unspecified atom stereocenters. The molecule has 170 valence electrons. The van der Waals surface area contributed by atoms with Gasteiger partial charge in [-0.05, 0) is 69.5 Å². The Labute approximate surface area is 190 Å². The number of rotatable bonds is 7. The normalized spacial score (nSPS) is 20.7. The van der Waals surface area contributed by atoms with Crippen LogP contribution in [-0.2, 0) is 22.4 Å². The Morgan fingerprint density at radius 1 is 1.23 bits per heavy atom. The summed E-state index contributed by atoms with van der Waals surface area (Å²) in [7, 11) is 0. The fourth-order valence-electron chi connectivity index (χ4n) is 4.33. The number of hydrogen-bond acceptors (Lipinski definition) is 5. The first-order valence-electron chi connectivity index (χ1n) is 11.7. The number of carbonyl (C=O) groups is 2. The average Bonchev–Trinajstić information content (AvgIpc) is 3.08. The first-order valence-corrected chi connectivity index (χ1v) is 12.5. The van der Waals surface area contributed by atoms with E-state index in [9.17, 15) is 14.9 Å². The lowest BCUT2D eigenvalue weighted by molar-refractivity contribution is -0.127. The zero-order valence-corrected chi connectivity index (χ0v) is 20.1. The van der Waals surface area contributed by atoms with Gasteiger partial charge in [-0.2, -0.15) is 5.26 Å². The molecule has 31 heavy (non-hydrogen) atoms. The van der Waals surface area contributed by atoms with Gasteiger partial charge < -0.3 is 15.5 Å². The molecule has 1 fully saturated rings. The number of piperidine rings is 1. The van der Waals surface area contributed by atoms with Crippen LogP contribution in [0.4, 0.5) is 5.00 Å². The number of fused-ring (bicyclic) bond motifs is 1. The van der Waals surface area contributed by atoms with Gasteiger partial charge in [0.1, 0.15) is 11.1 Å². The minimum Gasteiger partial charge on any atom is -0.353 e. The van der Waals surface area contributed by atoms with Crippen LogP contribution in [0, 0.1) is 29.1 Å². The summed E-state index contributed by atoms with van der Waals surface area (Å²) >= 11 is 1.58. The van der Waals surface area contributed by atoms with Crippen molar-refractivity contribution in [2.45, 2.75) is 72.3 Å². The van der Waals surface area contributed by atoms with Gasteiger partial charge in [0, 0.05) is 29.8 Å². The summed E-state index contributed by atoms with van der Waals surface area (Å²) in [6.45, 7) is 10.9. The van der Waals surface area contributed by atoms with Crippen molar-refractivity contribution in [1.29, 1.82) is 5.26 Å². The van der Waals surface area contributed by atoms with Crippen LogP contribution in [0.1, 0.15) is 69.4 Å². The van der Waals surface area contributed by atoms with Crippen LogP contribution < -0.4 is 10.6 Å². The second-order valence-corrected chi connectivity index (χ2v) is 10.7. The zero-order chi connectivity index (χ0) is 22.5. The Bertz CT molecular complexity index is 833. The van der Waals surface area contributed by atoms with E-state index in [1.165, 1.54) is 4.88 Å². The Morgan fingerprint density at radius 3 is 2.58 bits per heavy atom. The van der Waals surface area contributed by atoms with Crippen molar-refractivity contribution >= 4 is 28.2 Å². The number of amides is 2. The van der Waals surface area contributed by atoms with E-state index < -0.39 is 0 Å². The fraction of sp³-hybridized carbons (Fsp3) is 0.708. The van der Waals surface area contributed by atoms with Crippen molar-refractivity contribution < 1.29 is 9.59 Å². The maximum Gasteiger partial charge on any atom is 0.226 e. The molecule has 2 amide bonds. The second kappa shape index (κ2) is 10.6. The molecule has 0 spiro atoms. The summed E-state index contributed by atoms with van der Waals surface area (Å²) in [5, 5.41) is 16.4. The SMILES string of the molecule is CC1CCc2c(sc(NC(=O)CCN3CCC(C(=O)NC(C)C(C)C)CC3)c2C#N)C1. The highest BCUT2D eigenvalue weighted by atomic mass is 32.1. The first-order chi connectivity index (χ1) is 14.8. The Kier molecular flexibility index (Phi) is 8.12. The molecule has 2 atom stereocenters.